The van der Waals surface area contributed by atoms with Crippen molar-refractivity contribution in [3.05, 3.63) is 5.08 Å². The van der Waals surface area contributed by atoms with E-state index in [1.807, 2.05) is 0 Å². The van der Waals surface area contributed by atoms with Gasteiger partial charge < -0.3 is 0 Å². The van der Waals surface area contributed by atoms with Crippen LogP contribution in [0.25, 0.3) is 0 Å². The van der Waals surface area contributed by atoms with Gasteiger partial charge in [0.25, 0.3) is 10.1 Å². The predicted molar refractivity (Wildman–Crippen MR) is 29.4 cm³/mol. The van der Waals surface area contributed by atoms with Crippen LogP contribution in [0.4, 0.5) is 0 Å². The van der Waals surface area contributed by atoms with Crippen molar-refractivity contribution in [2.75, 3.05) is 6.26 Å². The van der Waals surface area contributed by atoms with E-state index in [1.165, 1.54) is 0 Å². The molecule has 0 fully saturated rings. The Balaban J connectivity index is 3.60. The van der Waals surface area contributed by atoms with Gasteiger partial charge in [0.2, 0.25) is 0 Å². The monoisotopic (exact) mass is 141 g/mol. The summed E-state index contributed by atoms with van der Waals surface area (Å²) in [4.78, 5) is 0. The molecule has 0 bridgehead atoms. The van der Waals surface area contributed by atoms with E-state index in [-0.39, 0.29) is 0 Å². The van der Waals surface area contributed by atoms with Gasteiger partial charge in [-0.15, -0.1) is 11.8 Å². The summed E-state index contributed by atoms with van der Waals surface area (Å²) in [5.74, 6) is 0. The van der Waals surface area contributed by atoms with Crippen molar-refractivity contribution < 1.29 is 13.0 Å². The van der Waals surface area contributed by atoms with Crippen LogP contribution in [-0.2, 0) is 10.1 Å². The maximum Gasteiger partial charge on any atom is 0.279 e. The number of thioether (sulfide) groups is 1. The summed E-state index contributed by atoms with van der Waals surface area (Å²) in [6.07, 6.45) is 1.55. The lowest BCUT2D eigenvalue weighted by molar-refractivity contribution is 0.493. The minimum atomic E-state index is -3.84. The van der Waals surface area contributed by atoms with E-state index < -0.39 is 10.1 Å². The zero-order valence-electron chi connectivity index (χ0n) is 3.66. The summed E-state index contributed by atoms with van der Waals surface area (Å²) in [6, 6.07) is 0. The van der Waals surface area contributed by atoms with Crippen molar-refractivity contribution >= 4 is 21.9 Å². The molecule has 0 atom stereocenters. The van der Waals surface area contributed by atoms with E-state index in [4.69, 9.17) is 4.55 Å². The Kier molecular flexibility index (Phi) is 2.63. The average molecular weight is 141 g/mol. The molecule has 7 heavy (non-hydrogen) atoms. The molecule has 0 saturated carbocycles. The fourth-order valence-corrected chi connectivity index (χ4v) is 1.09. The number of hydrogen-bond acceptors (Lipinski definition) is 3. The number of hydrogen-bond donors (Lipinski definition) is 1. The zero-order chi connectivity index (χ0) is 5.91. The maximum atomic E-state index is 9.71. The molecule has 1 radical (unpaired) electrons. The zero-order valence-corrected chi connectivity index (χ0v) is 5.29. The van der Waals surface area contributed by atoms with Gasteiger partial charge in [-0.05, 0) is 6.26 Å². The van der Waals surface area contributed by atoms with Gasteiger partial charge >= 0.3 is 0 Å². The summed E-state index contributed by atoms with van der Waals surface area (Å²) < 4.78 is 27.3. The molecular formula is C2H5O3S2. The predicted octanol–water partition coefficient (Wildman–Crippen LogP) is 0.356. The van der Waals surface area contributed by atoms with E-state index in [0.29, 0.717) is 0 Å². The quantitative estimate of drug-likeness (QED) is 0.564. The molecule has 0 aromatic heterocycles. The summed E-state index contributed by atoms with van der Waals surface area (Å²) in [5.41, 5.74) is 0. The van der Waals surface area contributed by atoms with Crippen molar-refractivity contribution in [1.82, 2.24) is 0 Å². The van der Waals surface area contributed by atoms with Crippen molar-refractivity contribution in [1.29, 1.82) is 0 Å². The van der Waals surface area contributed by atoms with Gasteiger partial charge in [-0.25, -0.2) is 0 Å². The first-order chi connectivity index (χ1) is 3.06. The van der Waals surface area contributed by atoms with Crippen LogP contribution in [0.1, 0.15) is 0 Å². The molecule has 5 heteroatoms. The second-order valence-corrected chi connectivity index (χ2v) is 3.12. The Hall–Kier alpha value is 0.260. The molecule has 3 nitrogen and oxygen atoms in total. The standard InChI is InChI=1S/C2H5O3S2/c1-6-2-7(3,4)5/h2H,1H3,(H,3,4,5). The van der Waals surface area contributed by atoms with Crippen molar-refractivity contribution in [2.24, 2.45) is 0 Å². The lowest BCUT2D eigenvalue weighted by atomic mass is 11.9. The third-order valence-corrected chi connectivity index (χ3v) is 1.96. The van der Waals surface area contributed by atoms with Gasteiger partial charge in [-0.2, -0.15) is 8.42 Å². The first kappa shape index (κ1) is 7.26. The Bertz CT molecular complexity index is 124. The molecule has 0 saturated heterocycles. The highest BCUT2D eigenvalue weighted by atomic mass is 32.3. The van der Waals surface area contributed by atoms with E-state index in [2.05, 4.69) is 0 Å². The smallest absolute Gasteiger partial charge is 0.279 e. The molecule has 1 N–H and O–H groups in total. The minimum absolute atomic E-state index is 0.757. The Morgan fingerprint density at radius 2 is 2.14 bits per heavy atom. The number of rotatable bonds is 2. The van der Waals surface area contributed by atoms with Crippen LogP contribution in [0.3, 0.4) is 0 Å². The Morgan fingerprint density at radius 3 is 2.14 bits per heavy atom. The molecule has 0 amide bonds. The van der Waals surface area contributed by atoms with Crippen molar-refractivity contribution in [3.8, 4) is 0 Å². The van der Waals surface area contributed by atoms with E-state index in [9.17, 15) is 8.42 Å². The summed E-state index contributed by atoms with van der Waals surface area (Å²) in [5, 5.41) is 0.757. The van der Waals surface area contributed by atoms with Gasteiger partial charge in [0.05, 0.1) is 0 Å². The maximum absolute atomic E-state index is 9.71. The fourth-order valence-electron chi connectivity index (χ4n) is 0.122. The van der Waals surface area contributed by atoms with Crippen molar-refractivity contribution in [2.45, 2.75) is 0 Å². The lowest BCUT2D eigenvalue weighted by Crippen LogP contribution is -1.92. The van der Waals surface area contributed by atoms with Crippen LogP contribution in [0.2, 0.25) is 0 Å². The third-order valence-electron chi connectivity index (χ3n) is 0.218. The second kappa shape index (κ2) is 2.54. The molecular weight excluding hydrogens is 136 g/mol. The fraction of sp³-hybridized carbons (Fsp3) is 0.500. The van der Waals surface area contributed by atoms with Crippen LogP contribution in [0.5, 0.6) is 0 Å². The largest absolute Gasteiger partial charge is 0.285 e. The summed E-state index contributed by atoms with van der Waals surface area (Å²) >= 11 is 0.946. The van der Waals surface area contributed by atoms with Crippen molar-refractivity contribution in [3.63, 3.8) is 0 Å². The van der Waals surface area contributed by atoms with Crippen LogP contribution in [-0.4, -0.2) is 19.2 Å². The summed E-state index contributed by atoms with van der Waals surface area (Å²) in [6.45, 7) is 0. The van der Waals surface area contributed by atoms with Gasteiger partial charge in [-0.1, -0.05) is 0 Å². The Labute approximate surface area is 46.9 Å². The van der Waals surface area contributed by atoms with Gasteiger partial charge in [0, 0.05) is 0 Å². The van der Waals surface area contributed by atoms with Crippen LogP contribution in [0.15, 0.2) is 0 Å². The molecule has 0 aromatic carbocycles. The molecule has 0 aromatic rings. The molecule has 0 aliphatic heterocycles. The topological polar surface area (TPSA) is 54.4 Å². The minimum Gasteiger partial charge on any atom is -0.285 e. The Morgan fingerprint density at radius 1 is 1.71 bits per heavy atom. The molecule has 0 spiro atoms. The van der Waals surface area contributed by atoms with E-state index in [1.54, 1.807) is 6.26 Å². The summed E-state index contributed by atoms with van der Waals surface area (Å²) in [7, 11) is -3.84. The first-order valence-corrected chi connectivity index (χ1v) is 4.19. The van der Waals surface area contributed by atoms with Crippen LogP contribution in [0, 0.1) is 5.08 Å². The molecule has 43 valence electrons. The van der Waals surface area contributed by atoms with E-state index >= 15 is 0 Å². The van der Waals surface area contributed by atoms with Crippen LogP contribution < -0.4 is 0 Å². The van der Waals surface area contributed by atoms with Gasteiger partial charge in [0.15, 0.2) is 5.08 Å². The highest BCUT2D eigenvalue weighted by Gasteiger charge is 2.00. The lowest BCUT2D eigenvalue weighted by Gasteiger charge is -1.84. The first-order valence-electron chi connectivity index (χ1n) is 1.40. The third kappa shape index (κ3) is 6.26. The second-order valence-electron chi connectivity index (χ2n) is 0.847. The average Bonchev–Trinajstić information content (AvgIpc) is 1.30. The van der Waals surface area contributed by atoms with Gasteiger partial charge in [0.1, 0.15) is 0 Å². The molecule has 0 aliphatic rings. The highest BCUT2D eigenvalue weighted by molar-refractivity contribution is 8.13. The normalized spacial score (nSPS) is 11.7. The highest BCUT2D eigenvalue weighted by Crippen LogP contribution is 2.02. The molecule has 0 aliphatic carbocycles. The molecule has 0 rings (SSSR count). The van der Waals surface area contributed by atoms with E-state index in [0.717, 1.165) is 16.8 Å². The SMILES string of the molecule is CS[CH]S(=O)(=O)O. The molecule has 0 heterocycles. The van der Waals surface area contributed by atoms with Crippen LogP contribution >= 0.6 is 11.8 Å². The molecule has 0 unspecified atom stereocenters. The van der Waals surface area contributed by atoms with Gasteiger partial charge in [-0.3, -0.25) is 4.55 Å².